The number of benzene rings is 2. The van der Waals surface area contributed by atoms with Gasteiger partial charge in [-0.3, -0.25) is 9.48 Å². The highest BCUT2D eigenvalue weighted by Crippen LogP contribution is 2.32. The second kappa shape index (κ2) is 9.61. The zero-order chi connectivity index (χ0) is 24.6. The molecule has 0 saturated carbocycles. The average Bonchev–Trinajstić information content (AvgIpc) is 3.45. The largest absolute Gasteiger partial charge is 0.337 e. The summed E-state index contributed by atoms with van der Waals surface area (Å²) in [4.78, 5) is 15.4. The SMILES string of the molecule is Cc1ccc(-c2cc(C(=O)N3CCC(Cc4ccccc4)CC3)nn2C2CCS(=O)(=O)C2)cc1C. The molecule has 0 bridgehead atoms. The zero-order valence-electron chi connectivity index (χ0n) is 20.5. The minimum Gasteiger partial charge on any atom is -0.337 e. The number of rotatable bonds is 5. The van der Waals surface area contributed by atoms with E-state index in [1.54, 1.807) is 4.68 Å². The molecule has 1 amide bonds. The van der Waals surface area contributed by atoms with Gasteiger partial charge in [0.25, 0.3) is 5.91 Å². The summed E-state index contributed by atoms with van der Waals surface area (Å²) in [7, 11) is -3.08. The first-order chi connectivity index (χ1) is 16.8. The van der Waals surface area contributed by atoms with Crippen LogP contribution in [-0.2, 0) is 16.3 Å². The minimum atomic E-state index is -3.08. The average molecular weight is 492 g/mol. The van der Waals surface area contributed by atoms with Gasteiger partial charge in [-0.25, -0.2) is 8.42 Å². The van der Waals surface area contributed by atoms with Gasteiger partial charge < -0.3 is 4.90 Å². The van der Waals surface area contributed by atoms with Crippen molar-refractivity contribution in [3.8, 4) is 11.3 Å². The maximum atomic E-state index is 13.5. The third kappa shape index (κ3) is 5.20. The molecule has 2 aliphatic rings. The Morgan fingerprint density at radius 1 is 0.971 bits per heavy atom. The molecule has 6 nitrogen and oxygen atoms in total. The molecule has 0 N–H and O–H groups in total. The molecule has 0 radical (unpaired) electrons. The van der Waals surface area contributed by atoms with E-state index in [0.29, 0.717) is 18.0 Å². The summed E-state index contributed by atoms with van der Waals surface area (Å²) in [6.45, 7) is 5.57. The predicted molar refractivity (Wildman–Crippen MR) is 138 cm³/mol. The Morgan fingerprint density at radius 3 is 2.37 bits per heavy atom. The van der Waals surface area contributed by atoms with E-state index in [-0.39, 0.29) is 23.5 Å². The highest BCUT2D eigenvalue weighted by molar-refractivity contribution is 7.91. The maximum Gasteiger partial charge on any atom is 0.274 e. The summed E-state index contributed by atoms with van der Waals surface area (Å²) < 4.78 is 26.2. The molecular weight excluding hydrogens is 458 g/mol. The summed E-state index contributed by atoms with van der Waals surface area (Å²) in [6.07, 6.45) is 3.53. The molecule has 1 atom stereocenters. The lowest BCUT2D eigenvalue weighted by Gasteiger charge is -2.31. The first-order valence-electron chi connectivity index (χ1n) is 12.5. The van der Waals surface area contributed by atoms with Crippen molar-refractivity contribution in [2.24, 2.45) is 5.92 Å². The van der Waals surface area contributed by atoms with Gasteiger partial charge in [0.2, 0.25) is 0 Å². The molecule has 3 aromatic rings. The second-order valence-corrected chi connectivity index (χ2v) is 12.4. The number of aromatic nitrogens is 2. The Kier molecular flexibility index (Phi) is 6.53. The van der Waals surface area contributed by atoms with Gasteiger partial charge >= 0.3 is 0 Å². The minimum absolute atomic E-state index is 0.0622. The highest BCUT2D eigenvalue weighted by Gasteiger charge is 2.33. The highest BCUT2D eigenvalue weighted by atomic mass is 32.2. The number of carbonyl (C=O) groups excluding carboxylic acids is 1. The number of amides is 1. The Labute approximate surface area is 207 Å². The fourth-order valence-electron chi connectivity index (χ4n) is 5.31. The van der Waals surface area contributed by atoms with Crippen LogP contribution >= 0.6 is 0 Å². The van der Waals surface area contributed by atoms with Crippen molar-refractivity contribution in [2.45, 2.75) is 45.6 Å². The van der Waals surface area contributed by atoms with Crippen molar-refractivity contribution in [1.29, 1.82) is 0 Å². The Hall–Kier alpha value is -2.93. The lowest BCUT2D eigenvalue weighted by molar-refractivity contribution is 0.0683. The molecule has 2 aliphatic heterocycles. The van der Waals surface area contributed by atoms with Crippen molar-refractivity contribution in [1.82, 2.24) is 14.7 Å². The number of likely N-dealkylation sites (tertiary alicyclic amines) is 1. The van der Waals surface area contributed by atoms with Gasteiger partial charge in [0.1, 0.15) is 0 Å². The molecule has 2 fully saturated rings. The number of carbonyl (C=O) groups is 1. The number of piperidine rings is 1. The van der Waals surface area contributed by atoms with Crippen LogP contribution in [0.5, 0.6) is 0 Å². The molecule has 0 spiro atoms. The Balaban J connectivity index is 1.36. The smallest absolute Gasteiger partial charge is 0.274 e. The van der Waals surface area contributed by atoms with Crippen LogP contribution in [0.4, 0.5) is 0 Å². The lowest BCUT2D eigenvalue weighted by atomic mass is 9.90. The van der Waals surface area contributed by atoms with Crippen molar-refractivity contribution < 1.29 is 13.2 Å². The fraction of sp³-hybridized carbons (Fsp3) is 0.429. The van der Waals surface area contributed by atoms with Crippen molar-refractivity contribution in [2.75, 3.05) is 24.6 Å². The van der Waals surface area contributed by atoms with E-state index in [1.807, 2.05) is 23.1 Å². The summed E-state index contributed by atoms with van der Waals surface area (Å²) >= 11 is 0. The van der Waals surface area contributed by atoms with E-state index < -0.39 is 9.84 Å². The van der Waals surface area contributed by atoms with Gasteiger partial charge in [-0.2, -0.15) is 5.10 Å². The van der Waals surface area contributed by atoms with Gasteiger partial charge in [0.05, 0.1) is 23.2 Å². The number of hydrogen-bond donors (Lipinski definition) is 0. The summed E-state index contributed by atoms with van der Waals surface area (Å²) in [6, 6.07) is 18.3. The van der Waals surface area contributed by atoms with Gasteiger partial charge in [-0.1, -0.05) is 42.5 Å². The van der Waals surface area contributed by atoms with E-state index in [9.17, 15) is 13.2 Å². The molecule has 3 heterocycles. The fourth-order valence-corrected chi connectivity index (χ4v) is 7.00. The van der Waals surface area contributed by atoms with Crippen molar-refractivity contribution in [3.63, 3.8) is 0 Å². The van der Waals surface area contributed by atoms with Crippen LogP contribution in [0.25, 0.3) is 11.3 Å². The van der Waals surface area contributed by atoms with Crippen molar-refractivity contribution in [3.05, 3.63) is 77.0 Å². The molecule has 2 saturated heterocycles. The van der Waals surface area contributed by atoms with Gasteiger partial charge in [0.15, 0.2) is 15.5 Å². The van der Waals surface area contributed by atoms with Gasteiger partial charge in [-0.05, 0) is 74.3 Å². The molecule has 5 rings (SSSR count). The molecule has 184 valence electrons. The first kappa shape index (κ1) is 23.8. The molecular formula is C28H33N3O3S. The topological polar surface area (TPSA) is 72.3 Å². The summed E-state index contributed by atoms with van der Waals surface area (Å²) in [5.74, 6) is 0.759. The van der Waals surface area contributed by atoms with Crippen LogP contribution < -0.4 is 0 Å². The van der Waals surface area contributed by atoms with Crippen LogP contribution in [0.3, 0.4) is 0 Å². The van der Waals surface area contributed by atoms with Crippen LogP contribution in [-0.4, -0.2) is 53.6 Å². The number of aryl methyl sites for hydroxylation is 2. The van der Waals surface area contributed by atoms with E-state index in [1.165, 1.54) is 11.1 Å². The second-order valence-electron chi connectivity index (χ2n) is 10.1. The van der Waals surface area contributed by atoms with Gasteiger partial charge in [-0.15, -0.1) is 0 Å². The van der Waals surface area contributed by atoms with Crippen LogP contribution in [0.15, 0.2) is 54.6 Å². The standard InChI is InChI=1S/C28H33N3O3S/c1-20-8-9-24(16-21(20)2)27-18-26(29-31(27)25-12-15-35(33,34)19-25)28(32)30-13-10-23(11-14-30)17-22-6-4-3-5-7-22/h3-9,16,18,23,25H,10-15,17,19H2,1-2H3. The third-order valence-corrected chi connectivity index (χ3v) is 9.33. The van der Waals surface area contributed by atoms with E-state index >= 15 is 0 Å². The van der Waals surface area contributed by atoms with Crippen LogP contribution in [0.2, 0.25) is 0 Å². The summed E-state index contributed by atoms with van der Waals surface area (Å²) in [5, 5.41) is 4.71. The monoisotopic (exact) mass is 491 g/mol. The molecule has 1 unspecified atom stereocenters. The van der Waals surface area contributed by atoms with E-state index in [0.717, 1.165) is 49.2 Å². The third-order valence-electron chi connectivity index (χ3n) is 7.58. The Morgan fingerprint density at radius 2 is 1.71 bits per heavy atom. The van der Waals surface area contributed by atoms with E-state index in [2.05, 4.69) is 50.2 Å². The zero-order valence-corrected chi connectivity index (χ0v) is 21.3. The van der Waals surface area contributed by atoms with Crippen LogP contribution in [0.1, 0.15) is 52.5 Å². The molecule has 2 aromatic carbocycles. The predicted octanol–water partition coefficient (Wildman–Crippen LogP) is 4.62. The lowest BCUT2D eigenvalue weighted by Crippen LogP contribution is -2.39. The molecule has 1 aromatic heterocycles. The quantitative estimate of drug-likeness (QED) is 0.522. The molecule has 7 heteroatoms. The summed E-state index contributed by atoms with van der Waals surface area (Å²) in [5.41, 5.74) is 5.88. The first-order valence-corrected chi connectivity index (χ1v) is 14.3. The maximum absolute atomic E-state index is 13.5. The molecule has 35 heavy (non-hydrogen) atoms. The number of hydrogen-bond acceptors (Lipinski definition) is 4. The van der Waals surface area contributed by atoms with E-state index in [4.69, 9.17) is 5.10 Å². The van der Waals surface area contributed by atoms with Gasteiger partial charge in [0, 0.05) is 18.7 Å². The van der Waals surface area contributed by atoms with Crippen molar-refractivity contribution >= 4 is 15.7 Å². The normalized spacial score (nSPS) is 20.3. The molecule has 0 aliphatic carbocycles. The number of sulfone groups is 1. The van der Waals surface area contributed by atoms with Crippen LogP contribution in [0, 0.1) is 19.8 Å². The Bertz CT molecular complexity index is 1320. The number of nitrogens with zero attached hydrogens (tertiary/aromatic N) is 3.